The molecule has 1 saturated heterocycles. The number of furan rings is 1. The van der Waals surface area contributed by atoms with E-state index in [0.717, 1.165) is 44.7 Å². The van der Waals surface area contributed by atoms with Crippen molar-refractivity contribution >= 4 is 29.1 Å². The van der Waals surface area contributed by atoms with E-state index in [1.807, 2.05) is 61.6 Å². The molecule has 2 heterocycles. The highest BCUT2D eigenvalue weighted by Crippen LogP contribution is 2.30. The Hall–Kier alpha value is -2.39. The van der Waals surface area contributed by atoms with E-state index in [9.17, 15) is 15.0 Å². The Bertz CT molecular complexity index is 1150. The molecule has 4 rings (SSSR count). The number of benzene rings is 2. The first-order valence-electron chi connectivity index (χ1n) is 12.9. The highest BCUT2D eigenvalue weighted by Gasteiger charge is 2.32. The molecule has 3 atom stereocenters. The molecule has 204 valence electrons. The number of carbonyl (C=O) groups excluding carboxylic acids is 1. The minimum atomic E-state index is -0.913. The van der Waals surface area contributed by atoms with Gasteiger partial charge < -0.3 is 24.4 Å². The van der Waals surface area contributed by atoms with Crippen molar-refractivity contribution in [3.63, 3.8) is 0 Å². The summed E-state index contributed by atoms with van der Waals surface area (Å²) in [5.74, 6) is 0.717. The second-order valence-corrected chi connectivity index (χ2v) is 10.6. The lowest BCUT2D eigenvalue weighted by atomic mass is 9.94. The smallest absolute Gasteiger partial charge is 0.253 e. The van der Waals surface area contributed by atoms with Crippen molar-refractivity contribution in [1.82, 2.24) is 14.7 Å². The Morgan fingerprint density at radius 2 is 1.76 bits per heavy atom. The molecule has 7 nitrogen and oxygen atoms in total. The van der Waals surface area contributed by atoms with Crippen molar-refractivity contribution in [1.29, 1.82) is 0 Å². The van der Waals surface area contributed by atoms with Crippen molar-refractivity contribution in [2.45, 2.75) is 24.5 Å². The summed E-state index contributed by atoms with van der Waals surface area (Å²) in [6.45, 7) is 4.20. The average molecular weight is 561 g/mol. The Morgan fingerprint density at radius 1 is 1.03 bits per heavy atom. The molecular formula is C29H35Cl2N3O4. The van der Waals surface area contributed by atoms with Crippen LogP contribution in [0.5, 0.6) is 0 Å². The zero-order chi connectivity index (χ0) is 27.1. The number of likely N-dealkylation sites (N-methyl/N-ethyl adjacent to an activating group) is 1. The van der Waals surface area contributed by atoms with Crippen LogP contribution in [-0.4, -0.2) is 89.8 Å². The molecule has 3 unspecified atom stereocenters. The van der Waals surface area contributed by atoms with Gasteiger partial charge in [-0.25, -0.2) is 0 Å². The van der Waals surface area contributed by atoms with Gasteiger partial charge in [0, 0.05) is 51.3 Å². The molecule has 1 aromatic heterocycles. The van der Waals surface area contributed by atoms with Gasteiger partial charge in [-0.1, -0.05) is 47.5 Å². The summed E-state index contributed by atoms with van der Waals surface area (Å²) in [4.78, 5) is 19.4. The molecule has 0 aliphatic carbocycles. The van der Waals surface area contributed by atoms with Crippen molar-refractivity contribution in [2.24, 2.45) is 0 Å². The first-order valence-corrected chi connectivity index (χ1v) is 13.7. The fourth-order valence-electron chi connectivity index (χ4n) is 5.12. The number of hydrogen-bond acceptors (Lipinski definition) is 6. The number of aliphatic hydroxyl groups excluding tert-OH is 2. The summed E-state index contributed by atoms with van der Waals surface area (Å²) in [5, 5.41) is 21.0. The number of hydrogen-bond donors (Lipinski definition) is 2. The monoisotopic (exact) mass is 559 g/mol. The Morgan fingerprint density at radius 3 is 2.39 bits per heavy atom. The first kappa shape index (κ1) is 28.6. The molecule has 2 N–H and O–H groups in total. The normalized spacial score (nSPS) is 17.2. The zero-order valence-corrected chi connectivity index (χ0v) is 23.1. The van der Waals surface area contributed by atoms with E-state index in [-0.39, 0.29) is 24.5 Å². The van der Waals surface area contributed by atoms with Crippen LogP contribution in [-0.2, 0) is 0 Å². The van der Waals surface area contributed by atoms with E-state index in [0.29, 0.717) is 27.9 Å². The molecule has 2 aromatic carbocycles. The van der Waals surface area contributed by atoms with Crippen molar-refractivity contribution in [3.05, 3.63) is 93.9 Å². The molecular weight excluding hydrogens is 525 g/mol. The predicted octanol–water partition coefficient (Wildman–Crippen LogP) is 4.54. The quantitative estimate of drug-likeness (QED) is 0.359. The molecule has 0 spiro atoms. The lowest BCUT2D eigenvalue weighted by Crippen LogP contribution is -2.50. The Balaban J connectivity index is 1.40. The van der Waals surface area contributed by atoms with Gasteiger partial charge in [0.05, 0.1) is 35.1 Å². The largest absolute Gasteiger partial charge is 0.468 e. The first-order chi connectivity index (χ1) is 18.4. The summed E-state index contributed by atoms with van der Waals surface area (Å²) in [5.41, 5.74) is 1.71. The van der Waals surface area contributed by atoms with Gasteiger partial charge in [-0.05, 0) is 54.9 Å². The van der Waals surface area contributed by atoms with Crippen LogP contribution >= 0.6 is 23.2 Å². The molecule has 1 aliphatic heterocycles. The van der Waals surface area contributed by atoms with Crippen LogP contribution in [0, 0.1) is 0 Å². The molecule has 0 saturated carbocycles. The maximum Gasteiger partial charge on any atom is 0.253 e. The van der Waals surface area contributed by atoms with Gasteiger partial charge in [0.15, 0.2) is 0 Å². The number of nitrogens with zero attached hydrogens (tertiary/aromatic N) is 3. The third-order valence-electron chi connectivity index (χ3n) is 7.26. The van der Waals surface area contributed by atoms with E-state index in [2.05, 4.69) is 9.80 Å². The van der Waals surface area contributed by atoms with Crippen LogP contribution in [0.3, 0.4) is 0 Å². The summed E-state index contributed by atoms with van der Waals surface area (Å²) >= 11 is 12.5. The van der Waals surface area contributed by atoms with Crippen LogP contribution in [0.4, 0.5) is 0 Å². The minimum Gasteiger partial charge on any atom is -0.468 e. The van der Waals surface area contributed by atoms with Crippen LogP contribution < -0.4 is 0 Å². The fraction of sp³-hybridized carbons (Fsp3) is 0.414. The molecule has 9 heteroatoms. The lowest BCUT2D eigenvalue weighted by Gasteiger charge is -2.40. The van der Waals surface area contributed by atoms with Gasteiger partial charge in [0.2, 0.25) is 0 Å². The zero-order valence-electron chi connectivity index (χ0n) is 21.5. The standard InChI is InChI=1S/C29H35Cl2N3O4/c1-32(29(37)21-6-3-2-4-7-21)19-23(22-9-10-24(30)25(31)18-22)11-12-33-13-15-34(16-14-33)28(26(36)20-35)27-8-5-17-38-27/h2-10,17-18,23,26,28,35-36H,11-16,19-20H2,1H3. The van der Waals surface area contributed by atoms with Gasteiger partial charge in [-0.3, -0.25) is 9.69 Å². The van der Waals surface area contributed by atoms with E-state index in [1.54, 1.807) is 17.2 Å². The van der Waals surface area contributed by atoms with Crippen molar-refractivity contribution < 1.29 is 19.4 Å². The van der Waals surface area contributed by atoms with Crippen molar-refractivity contribution in [2.75, 3.05) is 52.9 Å². The second kappa shape index (κ2) is 13.6. The van der Waals surface area contributed by atoms with Gasteiger partial charge in [0.1, 0.15) is 5.76 Å². The van der Waals surface area contributed by atoms with Gasteiger partial charge in [-0.15, -0.1) is 0 Å². The number of rotatable bonds is 11. The maximum absolute atomic E-state index is 13.0. The summed E-state index contributed by atoms with van der Waals surface area (Å²) < 4.78 is 5.55. The van der Waals surface area contributed by atoms with E-state index in [4.69, 9.17) is 27.6 Å². The summed E-state index contributed by atoms with van der Waals surface area (Å²) in [7, 11) is 1.83. The molecule has 1 aliphatic rings. The topological polar surface area (TPSA) is 80.4 Å². The number of carbonyl (C=O) groups is 1. The molecule has 1 amide bonds. The van der Waals surface area contributed by atoms with Gasteiger partial charge in [-0.2, -0.15) is 0 Å². The second-order valence-electron chi connectivity index (χ2n) is 9.80. The number of piperazine rings is 1. The highest BCUT2D eigenvalue weighted by atomic mass is 35.5. The van der Waals surface area contributed by atoms with Crippen LogP contribution in [0.25, 0.3) is 0 Å². The van der Waals surface area contributed by atoms with Crippen molar-refractivity contribution in [3.8, 4) is 0 Å². The molecule has 0 radical (unpaired) electrons. The molecule has 0 bridgehead atoms. The number of aliphatic hydroxyl groups is 2. The fourth-order valence-corrected chi connectivity index (χ4v) is 5.43. The highest BCUT2D eigenvalue weighted by molar-refractivity contribution is 6.42. The van der Waals surface area contributed by atoms with Gasteiger partial charge >= 0.3 is 0 Å². The number of halogens is 2. The lowest BCUT2D eigenvalue weighted by molar-refractivity contribution is -0.0178. The maximum atomic E-state index is 13.0. The Labute approximate surface area is 234 Å². The Kier molecular flexibility index (Phi) is 10.2. The predicted molar refractivity (Wildman–Crippen MR) is 150 cm³/mol. The van der Waals surface area contributed by atoms with Gasteiger partial charge in [0.25, 0.3) is 5.91 Å². The third-order valence-corrected chi connectivity index (χ3v) is 8.00. The minimum absolute atomic E-state index is 0.0179. The molecule has 1 fully saturated rings. The van der Waals surface area contributed by atoms with E-state index >= 15 is 0 Å². The SMILES string of the molecule is CN(CC(CCN1CCN(C(c2ccco2)C(O)CO)CC1)c1ccc(Cl)c(Cl)c1)C(=O)c1ccccc1. The number of amides is 1. The third kappa shape index (κ3) is 7.17. The molecule has 38 heavy (non-hydrogen) atoms. The summed E-state index contributed by atoms with van der Waals surface area (Å²) in [6.07, 6.45) is 1.51. The molecule has 3 aromatic rings. The average Bonchev–Trinajstić information content (AvgIpc) is 3.47. The summed E-state index contributed by atoms with van der Waals surface area (Å²) in [6, 6.07) is 18.3. The van der Waals surface area contributed by atoms with Crippen LogP contribution in [0.2, 0.25) is 10.0 Å². The van der Waals surface area contributed by atoms with Crippen LogP contribution in [0.15, 0.2) is 71.3 Å². The van der Waals surface area contributed by atoms with E-state index < -0.39 is 6.10 Å². The van der Waals surface area contributed by atoms with Crippen LogP contribution in [0.1, 0.15) is 40.1 Å². The van der Waals surface area contributed by atoms with E-state index in [1.165, 1.54) is 0 Å².